The van der Waals surface area contributed by atoms with E-state index < -0.39 is 0 Å². The van der Waals surface area contributed by atoms with E-state index >= 15 is 0 Å². The van der Waals surface area contributed by atoms with E-state index in [1.165, 1.54) is 24.8 Å². The lowest BCUT2D eigenvalue weighted by molar-refractivity contribution is -0.134. The van der Waals surface area contributed by atoms with Crippen LogP contribution in [0.3, 0.4) is 0 Å². The first-order valence-electron chi connectivity index (χ1n) is 8.47. The summed E-state index contributed by atoms with van der Waals surface area (Å²) in [6.45, 7) is 6.63. The summed E-state index contributed by atoms with van der Waals surface area (Å²) < 4.78 is 6.64. The molecule has 0 spiro atoms. The van der Waals surface area contributed by atoms with Gasteiger partial charge in [-0.1, -0.05) is 46.1 Å². The van der Waals surface area contributed by atoms with Crippen molar-refractivity contribution in [2.45, 2.75) is 64.3 Å². The van der Waals surface area contributed by atoms with Crippen LogP contribution in [0.15, 0.2) is 22.7 Å². The first-order chi connectivity index (χ1) is 10.8. The van der Waals surface area contributed by atoms with E-state index in [1.807, 2.05) is 18.0 Å². The highest BCUT2D eigenvalue weighted by atomic mass is 79.9. The van der Waals surface area contributed by atoms with Gasteiger partial charge in [0.2, 0.25) is 0 Å². The fraction of sp³-hybridized carbons (Fsp3) is 0.632. The van der Waals surface area contributed by atoms with Gasteiger partial charge in [0, 0.05) is 13.1 Å². The maximum absolute atomic E-state index is 12.3. The van der Waals surface area contributed by atoms with Crippen LogP contribution in [0.25, 0.3) is 0 Å². The van der Waals surface area contributed by atoms with Crippen LogP contribution in [0, 0.1) is 0 Å². The van der Waals surface area contributed by atoms with Crippen LogP contribution < -0.4 is 4.74 Å². The molecule has 1 fully saturated rings. The molecule has 0 bridgehead atoms. The smallest absolute Gasteiger partial charge is 0.260 e. The van der Waals surface area contributed by atoms with E-state index in [9.17, 15) is 4.79 Å². The Morgan fingerprint density at radius 3 is 2.48 bits per heavy atom. The van der Waals surface area contributed by atoms with Crippen LogP contribution in [-0.4, -0.2) is 30.5 Å². The Kier molecular flexibility index (Phi) is 6.12. The van der Waals surface area contributed by atoms with E-state index in [4.69, 9.17) is 4.74 Å². The molecule has 1 saturated carbocycles. The van der Waals surface area contributed by atoms with Crippen molar-refractivity contribution < 1.29 is 9.53 Å². The topological polar surface area (TPSA) is 29.5 Å². The van der Waals surface area contributed by atoms with Crippen molar-refractivity contribution in [1.82, 2.24) is 4.90 Å². The number of hydrogen-bond acceptors (Lipinski definition) is 2. The second kappa shape index (κ2) is 7.69. The first kappa shape index (κ1) is 18.3. The number of benzene rings is 1. The van der Waals surface area contributed by atoms with Crippen molar-refractivity contribution in [1.29, 1.82) is 0 Å². The predicted octanol–water partition coefficient (Wildman–Crippen LogP) is 4.92. The largest absolute Gasteiger partial charge is 0.483 e. The lowest BCUT2D eigenvalue weighted by atomic mass is 9.87. The Hall–Kier alpha value is -1.03. The van der Waals surface area contributed by atoms with Gasteiger partial charge in [0.25, 0.3) is 5.91 Å². The third-order valence-corrected chi connectivity index (χ3v) is 5.28. The van der Waals surface area contributed by atoms with E-state index in [2.05, 4.69) is 48.8 Å². The summed E-state index contributed by atoms with van der Waals surface area (Å²) in [6, 6.07) is 6.46. The van der Waals surface area contributed by atoms with Crippen molar-refractivity contribution in [2.24, 2.45) is 0 Å². The van der Waals surface area contributed by atoms with Crippen LogP contribution >= 0.6 is 15.9 Å². The summed E-state index contributed by atoms with van der Waals surface area (Å²) in [6.07, 6.45) is 5.98. The lowest BCUT2D eigenvalue weighted by Gasteiger charge is -2.31. The molecule has 0 aliphatic heterocycles. The van der Waals surface area contributed by atoms with Gasteiger partial charge >= 0.3 is 0 Å². The fourth-order valence-corrected chi connectivity index (χ4v) is 3.49. The molecule has 1 aliphatic rings. The summed E-state index contributed by atoms with van der Waals surface area (Å²) in [5.41, 5.74) is 1.33. The molecule has 0 N–H and O–H groups in total. The molecule has 0 heterocycles. The predicted molar refractivity (Wildman–Crippen MR) is 98.0 cm³/mol. The summed E-state index contributed by atoms with van der Waals surface area (Å²) in [5, 5.41) is 0. The lowest BCUT2D eigenvalue weighted by Crippen LogP contribution is -2.40. The average molecular weight is 382 g/mol. The summed E-state index contributed by atoms with van der Waals surface area (Å²) in [7, 11) is 1.90. The number of hydrogen-bond donors (Lipinski definition) is 0. The second-order valence-electron chi connectivity index (χ2n) is 7.48. The van der Waals surface area contributed by atoms with Gasteiger partial charge in [-0.05, 0) is 51.9 Å². The van der Waals surface area contributed by atoms with E-state index in [0.717, 1.165) is 23.1 Å². The van der Waals surface area contributed by atoms with Crippen LogP contribution in [0.2, 0.25) is 0 Å². The molecular formula is C19H28BrNO2. The molecule has 1 aromatic carbocycles. The number of ether oxygens (including phenoxy) is 1. The zero-order valence-electron chi connectivity index (χ0n) is 14.7. The van der Waals surface area contributed by atoms with Crippen LogP contribution in [-0.2, 0) is 10.2 Å². The van der Waals surface area contributed by atoms with Gasteiger partial charge < -0.3 is 9.64 Å². The number of nitrogens with zero attached hydrogens (tertiary/aromatic N) is 1. The zero-order chi connectivity index (χ0) is 17.0. The van der Waals surface area contributed by atoms with Gasteiger partial charge in [-0.2, -0.15) is 0 Å². The summed E-state index contributed by atoms with van der Waals surface area (Å²) in [5.74, 6) is 0.784. The Morgan fingerprint density at radius 1 is 1.26 bits per heavy atom. The maximum Gasteiger partial charge on any atom is 0.260 e. The monoisotopic (exact) mass is 381 g/mol. The van der Waals surface area contributed by atoms with E-state index in [1.54, 1.807) is 0 Å². The maximum atomic E-state index is 12.3. The molecule has 2 rings (SSSR count). The van der Waals surface area contributed by atoms with Crippen molar-refractivity contribution in [2.75, 3.05) is 13.7 Å². The molecule has 23 heavy (non-hydrogen) atoms. The molecule has 0 unspecified atom stereocenters. The van der Waals surface area contributed by atoms with E-state index in [0.29, 0.717) is 6.04 Å². The first-order valence-corrected chi connectivity index (χ1v) is 9.27. The highest BCUT2D eigenvalue weighted by molar-refractivity contribution is 9.10. The minimum Gasteiger partial charge on any atom is -0.483 e. The molecule has 0 saturated heterocycles. The van der Waals surface area contributed by atoms with Crippen LogP contribution in [0.4, 0.5) is 0 Å². The van der Waals surface area contributed by atoms with Crippen molar-refractivity contribution in [3.63, 3.8) is 0 Å². The van der Waals surface area contributed by atoms with Gasteiger partial charge in [-0.3, -0.25) is 4.79 Å². The number of carbonyl (C=O) groups is 1. The highest BCUT2D eigenvalue weighted by Gasteiger charge is 2.22. The molecule has 0 radical (unpaired) electrons. The standard InChI is InChI=1S/C19H28BrNO2/c1-19(2,3)14-10-11-17(16(20)12-14)23-13-18(22)21(4)15-8-6-5-7-9-15/h10-12,15H,5-9,13H2,1-4H3. The molecule has 1 amide bonds. The number of carbonyl (C=O) groups excluding carboxylic acids is 1. The van der Waals surface area contributed by atoms with Gasteiger partial charge in [-0.25, -0.2) is 0 Å². The molecule has 1 aliphatic carbocycles. The number of amides is 1. The Morgan fingerprint density at radius 2 is 1.91 bits per heavy atom. The van der Waals surface area contributed by atoms with E-state index in [-0.39, 0.29) is 17.9 Å². The quantitative estimate of drug-likeness (QED) is 0.740. The second-order valence-corrected chi connectivity index (χ2v) is 8.33. The van der Waals surface area contributed by atoms with Crippen LogP contribution in [0.1, 0.15) is 58.4 Å². The normalized spacial score (nSPS) is 16.2. The Balaban J connectivity index is 1.93. The Bertz CT molecular complexity index is 545. The summed E-state index contributed by atoms with van der Waals surface area (Å²) in [4.78, 5) is 14.2. The van der Waals surface area contributed by atoms with Gasteiger partial charge in [0.05, 0.1) is 4.47 Å². The van der Waals surface area contributed by atoms with Gasteiger partial charge in [-0.15, -0.1) is 0 Å². The molecular weight excluding hydrogens is 354 g/mol. The molecule has 0 aromatic heterocycles. The fourth-order valence-electron chi connectivity index (χ4n) is 3.00. The summed E-state index contributed by atoms with van der Waals surface area (Å²) >= 11 is 3.55. The zero-order valence-corrected chi connectivity index (χ0v) is 16.3. The molecule has 1 aromatic rings. The minimum absolute atomic E-state index is 0.0590. The molecule has 4 heteroatoms. The minimum atomic E-state index is 0.0590. The van der Waals surface area contributed by atoms with Gasteiger partial charge in [0.1, 0.15) is 5.75 Å². The average Bonchev–Trinajstić information content (AvgIpc) is 2.52. The van der Waals surface area contributed by atoms with Gasteiger partial charge in [0.15, 0.2) is 6.61 Å². The number of likely N-dealkylation sites (N-methyl/N-ethyl adjacent to an activating group) is 1. The third kappa shape index (κ3) is 4.97. The highest BCUT2D eigenvalue weighted by Crippen LogP contribution is 2.31. The Labute approximate surface area is 148 Å². The SMILES string of the molecule is CN(C(=O)COc1ccc(C(C)(C)C)cc1Br)C1CCCCC1. The van der Waals surface area contributed by atoms with Crippen LogP contribution in [0.5, 0.6) is 5.75 Å². The molecule has 128 valence electrons. The van der Waals surface area contributed by atoms with Crippen molar-refractivity contribution >= 4 is 21.8 Å². The molecule has 0 atom stereocenters. The number of rotatable bonds is 4. The number of halogens is 1. The van der Waals surface area contributed by atoms with Crippen molar-refractivity contribution in [3.8, 4) is 5.75 Å². The molecule has 3 nitrogen and oxygen atoms in total. The van der Waals surface area contributed by atoms with Crippen molar-refractivity contribution in [3.05, 3.63) is 28.2 Å². The third-order valence-electron chi connectivity index (χ3n) is 4.66.